The zero-order valence-corrected chi connectivity index (χ0v) is 20.6. The van der Waals surface area contributed by atoms with Crippen molar-refractivity contribution >= 4 is 29.2 Å². The molecule has 0 saturated heterocycles. The van der Waals surface area contributed by atoms with Crippen molar-refractivity contribution in [2.75, 3.05) is 16.6 Å². The topological polar surface area (TPSA) is 111 Å². The van der Waals surface area contributed by atoms with Crippen LogP contribution >= 0.6 is 11.8 Å². The number of carbonyl (C=O) groups is 1. The number of alkyl halides is 5. The summed E-state index contributed by atoms with van der Waals surface area (Å²) in [7, 11) is 0. The molecule has 13 heteroatoms. The molecular formula is C25H20F5N5O2S. The molecule has 0 amide bonds. The van der Waals surface area contributed by atoms with E-state index in [1.54, 1.807) is 0 Å². The highest BCUT2D eigenvalue weighted by atomic mass is 32.2. The second-order valence-corrected chi connectivity index (χ2v) is 9.82. The van der Waals surface area contributed by atoms with Crippen LogP contribution in [0.15, 0.2) is 53.7 Å². The van der Waals surface area contributed by atoms with Crippen LogP contribution in [-0.4, -0.2) is 33.0 Å². The number of rotatable bonds is 9. The first-order chi connectivity index (χ1) is 17.9. The lowest BCUT2D eigenvalue weighted by molar-refractivity contribution is -0.290. The van der Waals surface area contributed by atoms with Gasteiger partial charge in [-0.15, -0.1) is 11.8 Å². The minimum absolute atomic E-state index is 0.205. The van der Waals surface area contributed by atoms with E-state index in [0.717, 1.165) is 29.5 Å². The molecule has 0 aliphatic heterocycles. The van der Waals surface area contributed by atoms with Crippen LogP contribution in [0, 0.1) is 11.3 Å². The van der Waals surface area contributed by atoms with Gasteiger partial charge in [-0.2, -0.15) is 27.2 Å². The summed E-state index contributed by atoms with van der Waals surface area (Å²) in [6.07, 6.45) is -2.30. The van der Waals surface area contributed by atoms with Gasteiger partial charge < -0.3 is 5.11 Å². The summed E-state index contributed by atoms with van der Waals surface area (Å²) in [5.74, 6) is -6.04. The van der Waals surface area contributed by atoms with E-state index in [1.807, 2.05) is 37.3 Å². The van der Waals surface area contributed by atoms with Crippen LogP contribution in [0.25, 0.3) is 11.1 Å². The van der Waals surface area contributed by atoms with Gasteiger partial charge >= 0.3 is 18.1 Å². The zero-order chi connectivity index (χ0) is 27.7. The molecule has 198 valence electrons. The number of aromatic nitrogens is 2. The van der Waals surface area contributed by atoms with Gasteiger partial charge in [0.15, 0.2) is 5.82 Å². The summed E-state index contributed by atoms with van der Waals surface area (Å²) in [6, 6.07) is 12.1. The summed E-state index contributed by atoms with van der Waals surface area (Å²) in [5, 5.41) is 18.7. The number of hydrogen-bond donors (Lipinski definition) is 3. The van der Waals surface area contributed by atoms with Crippen LogP contribution in [0.5, 0.6) is 0 Å². The first kappa shape index (κ1) is 27.1. The maximum atomic E-state index is 13.8. The average molecular weight is 550 g/mol. The van der Waals surface area contributed by atoms with Crippen LogP contribution in [0.4, 0.5) is 33.5 Å². The second kappa shape index (κ2) is 10.1. The summed E-state index contributed by atoms with van der Waals surface area (Å²) in [6.45, 7) is 1.89. The molecule has 1 saturated carbocycles. The van der Waals surface area contributed by atoms with E-state index in [-0.39, 0.29) is 5.82 Å². The highest BCUT2D eigenvalue weighted by Gasteiger charge is 2.60. The molecule has 38 heavy (non-hydrogen) atoms. The Labute approximate surface area is 218 Å². The number of carboxylic acids is 1. The number of carboxylic acid groups (broad SMARTS) is 1. The maximum Gasteiger partial charge on any atom is 0.459 e. The van der Waals surface area contributed by atoms with Gasteiger partial charge in [-0.1, -0.05) is 31.2 Å². The third kappa shape index (κ3) is 5.22. The second-order valence-electron chi connectivity index (χ2n) is 8.52. The smallest absolute Gasteiger partial charge is 0.459 e. The number of hydrogen-bond acceptors (Lipinski definition) is 7. The first-order valence-corrected chi connectivity index (χ1v) is 12.3. The third-order valence-electron chi connectivity index (χ3n) is 6.02. The van der Waals surface area contributed by atoms with Gasteiger partial charge in [0.2, 0.25) is 0 Å². The Hall–Kier alpha value is -3.92. The molecule has 7 nitrogen and oxygen atoms in total. The van der Waals surface area contributed by atoms with Crippen LogP contribution < -0.4 is 10.9 Å². The van der Waals surface area contributed by atoms with E-state index in [0.29, 0.717) is 22.9 Å². The van der Waals surface area contributed by atoms with Crippen molar-refractivity contribution in [3.8, 4) is 17.2 Å². The molecule has 3 aromatic rings. The van der Waals surface area contributed by atoms with Gasteiger partial charge in [0.05, 0.1) is 22.1 Å². The Bertz CT molecular complexity index is 1400. The molecule has 3 N–H and O–H groups in total. The molecule has 1 aliphatic carbocycles. The van der Waals surface area contributed by atoms with Crippen LogP contribution in [0.2, 0.25) is 0 Å². The van der Waals surface area contributed by atoms with Crippen molar-refractivity contribution in [3.05, 3.63) is 65.6 Å². The highest BCUT2D eigenvalue weighted by Crippen LogP contribution is 2.48. The van der Waals surface area contributed by atoms with E-state index >= 15 is 0 Å². The van der Waals surface area contributed by atoms with Crippen molar-refractivity contribution in [3.63, 3.8) is 0 Å². The lowest BCUT2D eigenvalue weighted by atomic mass is 9.95. The predicted octanol–water partition coefficient (Wildman–Crippen LogP) is 6.60. The summed E-state index contributed by atoms with van der Waals surface area (Å²) >= 11 is 1.38. The summed E-state index contributed by atoms with van der Waals surface area (Å²) in [5.41, 5.74) is 4.32. The fourth-order valence-corrected chi connectivity index (χ4v) is 4.47. The van der Waals surface area contributed by atoms with Crippen LogP contribution in [-0.2, 0) is 11.3 Å². The Morgan fingerprint density at radius 1 is 1.08 bits per heavy atom. The molecule has 0 atom stereocenters. The number of halogens is 5. The predicted molar refractivity (Wildman–Crippen MR) is 131 cm³/mol. The molecule has 0 radical (unpaired) electrons. The number of nitriles is 1. The van der Waals surface area contributed by atoms with E-state index in [1.165, 1.54) is 18.0 Å². The number of thioether (sulfide) groups is 1. The fraction of sp³-hybridized carbons (Fsp3) is 0.280. The number of hydrazine groups is 1. The summed E-state index contributed by atoms with van der Waals surface area (Å²) < 4.78 is 66.0. The molecular weight excluding hydrogens is 529 g/mol. The minimum atomic E-state index is -5.91. The fourth-order valence-electron chi connectivity index (χ4n) is 3.71. The zero-order valence-electron chi connectivity index (χ0n) is 19.7. The number of nitrogens with zero attached hydrogens (tertiary/aromatic N) is 3. The van der Waals surface area contributed by atoms with Crippen LogP contribution in [0.1, 0.15) is 41.4 Å². The number of nitrogens with one attached hydrogen (secondary N) is 2. The lowest BCUT2D eigenvalue weighted by Gasteiger charge is -2.20. The Morgan fingerprint density at radius 2 is 1.76 bits per heavy atom. The Kier molecular flexibility index (Phi) is 7.20. The standard InChI is InChI=1S/C25H20F5N5O2S/c1-2-38-19-9-15(14-3-5-16(6-4-14)23(13-31)7-8-23)11-33-21(19)35-34-18-10-20(24(26,27)25(28,29)30)32-12-17(18)22(36)37/h3-6,9-12H,2,7-8H2,1H3,(H,32,34)(H,33,35)(H,36,37). The Morgan fingerprint density at radius 3 is 2.32 bits per heavy atom. The summed E-state index contributed by atoms with van der Waals surface area (Å²) in [4.78, 5) is 19.5. The number of aromatic carboxylic acids is 1. The average Bonchev–Trinajstić information content (AvgIpc) is 3.69. The largest absolute Gasteiger partial charge is 0.478 e. The van der Waals surface area contributed by atoms with E-state index in [4.69, 9.17) is 0 Å². The van der Waals surface area contributed by atoms with Gasteiger partial charge in [0, 0.05) is 18.0 Å². The van der Waals surface area contributed by atoms with Gasteiger partial charge in [-0.3, -0.25) is 15.8 Å². The minimum Gasteiger partial charge on any atom is -0.478 e. The normalized spacial score (nSPS) is 14.4. The van der Waals surface area contributed by atoms with Gasteiger partial charge in [0.25, 0.3) is 0 Å². The molecule has 4 rings (SSSR count). The molecule has 2 aromatic heterocycles. The van der Waals surface area contributed by atoms with E-state index < -0.39 is 40.4 Å². The monoisotopic (exact) mass is 549 g/mol. The van der Waals surface area contributed by atoms with Gasteiger partial charge in [0.1, 0.15) is 11.3 Å². The van der Waals surface area contributed by atoms with E-state index in [9.17, 15) is 37.1 Å². The molecule has 1 aliphatic rings. The van der Waals surface area contributed by atoms with Crippen molar-refractivity contribution in [1.29, 1.82) is 5.26 Å². The van der Waals surface area contributed by atoms with Crippen LogP contribution in [0.3, 0.4) is 0 Å². The van der Waals surface area contributed by atoms with Crippen molar-refractivity contribution in [2.45, 2.75) is 42.2 Å². The molecule has 2 heterocycles. The van der Waals surface area contributed by atoms with E-state index in [2.05, 4.69) is 26.9 Å². The maximum absolute atomic E-state index is 13.8. The molecule has 0 unspecified atom stereocenters. The number of anilines is 2. The van der Waals surface area contributed by atoms with Crippen molar-refractivity contribution in [1.82, 2.24) is 9.97 Å². The molecule has 0 bridgehead atoms. The quantitative estimate of drug-likeness (QED) is 0.156. The molecule has 1 aromatic carbocycles. The molecule has 1 fully saturated rings. The Balaban J connectivity index is 1.60. The number of benzene rings is 1. The van der Waals surface area contributed by atoms with Crippen molar-refractivity contribution in [2.24, 2.45) is 0 Å². The third-order valence-corrected chi connectivity index (χ3v) is 6.93. The SMILES string of the molecule is CCSc1cc(-c2ccc(C3(C#N)CC3)cc2)cnc1NNc1cc(C(F)(F)C(F)(F)F)ncc1C(=O)O. The lowest BCUT2D eigenvalue weighted by Crippen LogP contribution is -2.34. The first-order valence-electron chi connectivity index (χ1n) is 11.3. The van der Waals surface area contributed by atoms with Gasteiger partial charge in [-0.25, -0.2) is 9.78 Å². The van der Waals surface area contributed by atoms with Crippen molar-refractivity contribution < 1.29 is 31.9 Å². The molecule has 0 spiro atoms. The van der Waals surface area contributed by atoms with Gasteiger partial charge in [-0.05, 0) is 41.9 Å². The number of pyridine rings is 2. The highest BCUT2D eigenvalue weighted by molar-refractivity contribution is 7.99.